The van der Waals surface area contributed by atoms with Crippen LogP contribution in [0.1, 0.15) is 40.0 Å². The van der Waals surface area contributed by atoms with Gasteiger partial charge in [-0.1, -0.05) is 20.8 Å². The van der Waals surface area contributed by atoms with Crippen molar-refractivity contribution in [2.45, 2.75) is 51.2 Å². The van der Waals surface area contributed by atoms with E-state index in [-0.39, 0.29) is 24.9 Å². The van der Waals surface area contributed by atoms with Gasteiger partial charge in [-0.2, -0.15) is 0 Å². The molecule has 3 unspecified atom stereocenters. The topological polar surface area (TPSA) is 60.7 Å². The largest absolute Gasteiger partial charge is 0.393 e. The second-order valence-corrected chi connectivity index (χ2v) is 5.14. The van der Waals surface area contributed by atoms with E-state index in [0.717, 1.165) is 6.42 Å². The lowest BCUT2D eigenvalue weighted by Gasteiger charge is -2.47. The van der Waals surface area contributed by atoms with Gasteiger partial charge in [0.25, 0.3) is 0 Å². The Morgan fingerprint density at radius 1 is 1.36 bits per heavy atom. The molecule has 0 aromatic carbocycles. The summed E-state index contributed by atoms with van der Waals surface area (Å²) in [7, 11) is 0. The monoisotopic (exact) mass is 202 g/mol. The summed E-state index contributed by atoms with van der Waals surface area (Å²) < 4.78 is 0. The quantitative estimate of drug-likeness (QED) is 0.624. The predicted octanol–water partition coefficient (Wildman–Crippen LogP) is 0.917. The van der Waals surface area contributed by atoms with Crippen LogP contribution in [0.15, 0.2) is 0 Å². The van der Waals surface area contributed by atoms with E-state index in [1.54, 1.807) is 0 Å². The van der Waals surface area contributed by atoms with Crippen molar-refractivity contribution in [3.05, 3.63) is 0 Å². The van der Waals surface area contributed by atoms with Crippen LogP contribution < -0.4 is 0 Å². The first kappa shape index (κ1) is 12.0. The van der Waals surface area contributed by atoms with Crippen molar-refractivity contribution in [3.63, 3.8) is 0 Å². The van der Waals surface area contributed by atoms with Crippen LogP contribution in [0, 0.1) is 11.8 Å². The van der Waals surface area contributed by atoms with E-state index in [4.69, 9.17) is 0 Å². The van der Waals surface area contributed by atoms with Crippen LogP contribution in [0.4, 0.5) is 0 Å². The predicted molar refractivity (Wildman–Crippen MR) is 54.8 cm³/mol. The van der Waals surface area contributed by atoms with Crippen LogP contribution in [0.2, 0.25) is 0 Å². The molecule has 3 N–H and O–H groups in total. The fourth-order valence-electron chi connectivity index (χ4n) is 2.23. The molecule has 0 aromatic heterocycles. The van der Waals surface area contributed by atoms with Gasteiger partial charge in [0.2, 0.25) is 0 Å². The number of hydrogen-bond donors (Lipinski definition) is 3. The molecule has 0 radical (unpaired) electrons. The van der Waals surface area contributed by atoms with E-state index < -0.39 is 11.2 Å². The minimum atomic E-state index is -1.10. The van der Waals surface area contributed by atoms with Gasteiger partial charge in [0, 0.05) is 6.42 Å². The third kappa shape index (κ3) is 1.95. The highest BCUT2D eigenvalue weighted by Crippen LogP contribution is 2.42. The van der Waals surface area contributed by atoms with Gasteiger partial charge in [0.05, 0.1) is 17.8 Å². The Morgan fingerprint density at radius 2 is 1.93 bits per heavy atom. The molecule has 84 valence electrons. The van der Waals surface area contributed by atoms with E-state index in [1.807, 2.05) is 20.8 Å². The molecule has 0 aliphatic heterocycles. The molecule has 1 rings (SSSR count). The molecule has 3 nitrogen and oxygen atoms in total. The van der Waals surface area contributed by atoms with Crippen molar-refractivity contribution in [1.29, 1.82) is 0 Å². The minimum Gasteiger partial charge on any atom is -0.393 e. The maximum atomic E-state index is 10.3. The van der Waals surface area contributed by atoms with E-state index in [1.165, 1.54) is 0 Å². The van der Waals surface area contributed by atoms with Gasteiger partial charge in [0.1, 0.15) is 0 Å². The molecule has 0 aromatic rings. The Morgan fingerprint density at radius 3 is 2.36 bits per heavy atom. The number of aliphatic hydroxyl groups excluding tert-OH is 1. The molecule has 14 heavy (non-hydrogen) atoms. The van der Waals surface area contributed by atoms with Crippen LogP contribution in [-0.4, -0.2) is 33.1 Å². The first-order valence-electron chi connectivity index (χ1n) is 5.40. The Balaban J connectivity index is 2.81. The first-order valence-corrected chi connectivity index (χ1v) is 5.40. The third-order valence-corrected chi connectivity index (χ3v) is 3.89. The third-order valence-electron chi connectivity index (χ3n) is 3.89. The summed E-state index contributed by atoms with van der Waals surface area (Å²) in [6.07, 6.45) is 1.77. The zero-order chi connectivity index (χ0) is 11.0. The zero-order valence-electron chi connectivity index (χ0n) is 9.32. The van der Waals surface area contributed by atoms with E-state index in [9.17, 15) is 15.3 Å². The molecule has 0 spiro atoms. The van der Waals surface area contributed by atoms with Crippen molar-refractivity contribution in [1.82, 2.24) is 0 Å². The van der Waals surface area contributed by atoms with Gasteiger partial charge >= 0.3 is 0 Å². The Kier molecular flexibility index (Phi) is 3.24. The second kappa shape index (κ2) is 3.80. The first-order chi connectivity index (χ1) is 6.34. The number of aliphatic hydroxyl groups is 3. The summed E-state index contributed by atoms with van der Waals surface area (Å²) in [6.45, 7) is 5.57. The summed E-state index contributed by atoms with van der Waals surface area (Å²) in [5, 5.41) is 29.6. The van der Waals surface area contributed by atoms with E-state index >= 15 is 0 Å². The van der Waals surface area contributed by atoms with E-state index in [0.29, 0.717) is 6.42 Å². The average molecular weight is 202 g/mol. The normalized spacial score (nSPS) is 44.4. The molecule has 1 aliphatic carbocycles. The van der Waals surface area contributed by atoms with Crippen LogP contribution in [0.5, 0.6) is 0 Å². The van der Waals surface area contributed by atoms with Crippen LogP contribution in [-0.2, 0) is 0 Å². The molecule has 0 heterocycles. The molecular weight excluding hydrogens is 180 g/mol. The average Bonchev–Trinajstić information content (AvgIpc) is 2.12. The molecule has 0 amide bonds. The number of hydrogen-bond acceptors (Lipinski definition) is 3. The maximum Gasteiger partial charge on any atom is 0.0930 e. The number of rotatable bonds is 2. The summed E-state index contributed by atoms with van der Waals surface area (Å²) >= 11 is 0. The van der Waals surface area contributed by atoms with Crippen LogP contribution in [0.25, 0.3) is 0 Å². The lowest BCUT2D eigenvalue weighted by molar-refractivity contribution is -0.163. The zero-order valence-corrected chi connectivity index (χ0v) is 9.32. The summed E-state index contributed by atoms with van der Waals surface area (Å²) in [6, 6.07) is 0. The van der Waals surface area contributed by atoms with Gasteiger partial charge in [-0.05, 0) is 24.7 Å². The highest BCUT2D eigenvalue weighted by atomic mass is 16.3. The molecule has 3 heteroatoms. The van der Waals surface area contributed by atoms with Crippen molar-refractivity contribution in [2.24, 2.45) is 11.8 Å². The fraction of sp³-hybridized carbons (Fsp3) is 1.00. The Labute approximate surface area is 85.8 Å². The lowest BCUT2D eigenvalue weighted by Crippen LogP contribution is -2.54. The van der Waals surface area contributed by atoms with Crippen LogP contribution in [0.3, 0.4) is 0 Å². The molecule has 0 saturated heterocycles. The smallest absolute Gasteiger partial charge is 0.0930 e. The lowest BCUT2D eigenvalue weighted by atomic mass is 9.66. The van der Waals surface area contributed by atoms with Crippen LogP contribution >= 0.6 is 0 Å². The van der Waals surface area contributed by atoms with Crippen molar-refractivity contribution in [2.75, 3.05) is 6.61 Å². The highest BCUT2D eigenvalue weighted by molar-refractivity contribution is 4.99. The molecular formula is C11H22O3. The summed E-state index contributed by atoms with van der Waals surface area (Å²) in [4.78, 5) is 0. The Bertz CT molecular complexity index is 203. The molecule has 0 bridgehead atoms. The standard InChI is InChI=1S/C11H22O3/c1-8(2)10(13)5-4-9(3)11(14,6-10)7-12/h8-9,12-14H,4-7H2,1-3H3. The van der Waals surface area contributed by atoms with Crippen molar-refractivity contribution < 1.29 is 15.3 Å². The summed E-state index contributed by atoms with van der Waals surface area (Å²) in [5.41, 5.74) is -1.92. The molecule has 1 aliphatic rings. The van der Waals surface area contributed by atoms with Gasteiger partial charge in [-0.25, -0.2) is 0 Å². The SMILES string of the molecule is CC(C)C1(O)CCC(C)C(O)(CO)C1. The second-order valence-electron chi connectivity index (χ2n) is 5.14. The van der Waals surface area contributed by atoms with Gasteiger partial charge in [0.15, 0.2) is 0 Å². The van der Waals surface area contributed by atoms with Gasteiger partial charge in [-0.3, -0.25) is 0 Å². The highest BCUT2D eigenvalue weighted by Gasteiger charge is 2.47. The molecule has 1 fully saturated rings. The van der Waals surface area contributed by atoms with Crippen molar-refractivity contribution in [3.8, 4) is 0 Å². The van der Waals surface area contributed by atoms with Crippen molar-refractivity contribution >= 4 is 0 Å². The van der Waals surface area contributed by atoms with E-state index in [2.05, 4.69) is 0 Å². The van der Waals surface area contributed by atoms with Gasteiger partial charge < -0.3 is 15.3 Å². The van der Waals surface area contributed by atoms with Gasteiger partial charge in [-0.15, -0.1) is 0 Å². The Hall–Kier alpha value is -0.120. The summed E-state index contributed by atoms with van der Waals surface area (Å²) in [5.74, 6) is 0.180. The molecule has 3 atom stereocenters. The fourth-order valence-corrected chi connectivity index (χ4v) is 2.23. The maximum absolute atomic E-state index is 10.3. The minimum absolute atomic E-state index is 0.0616. The molecule has 1 saturated carbocycles.